The highest BCUT2D eigenvalue weighted by atomic mass is 19.1. The highest BCUT2D eigenvalue weighted by Gasteiger charge is 2.08. The average molecular weight is 255 g/mol. The molecule has 2 aromatic heterocycles. The highest BCUT2D eigenvalue weighted by molar-refractivity contribution is 5.93. The number of halogens is 1. The molecule has 3 aromatic rings. The summed E-state index contributed by atoms with van der Waals surface area (Å²) in [4.78, 5) is 15.2. The monoisotopic (exact) mass is 255 g/mol. The second kappa shape index (κ2) is 4.20. The lowest BCUT2D eigenvalue weighted by atomic mass is 10.2. The van der Waals surface area contributed by atoms with Crippen LogP contribution in [0.25, 0.3) is 16.9 Å². The Labute approximate surface area is 107 Å². The van der Waals surface area contributed by atoms with E-state index in [0.717, 1.165) is 5.56 Å². The van der Waals surface area contributed by atoms with E-state index in [1.807, 2.05) is 0 Å². The zero-order chi connectivity index (χ0) is 13.4. The SMILES string of the molecule is O=C([O-])c1cccn2cc(-c3ccc(F)cc3)nc12. The predicted molar refractivity (Wildman–Crippen MR) is 64.9 cm³/mol. The van der Waals surface area contributed by atoms with Crippen LogP contribution >= 0.6 is 0 Å². The predicted octanol–water partition coefficient (Wildman–Crippen LogP) is 1.50. The van der Waals surface area contributed by atoms with Gasteiger partial charge in [-0.2, -0.15) is 0 Å². The van der Waals surface area contributed by atoms with E-state index in [1.165, 1.54) is 18.2 Å². The lowest BCUT2D eigenvalue weighted by Crippen LogP contribution is -2.23. The van der Waals surface area contributed by atoms with Gasteiger partial charge in [0.25, 0.3) is 0 Å². The molecule has 0 saturated carbocycles. The molecule has 0 atom stereocenters. The van der Waals surface area contributed by atoms with Gasteiger partial charge in [-0.3, -0.25) is 0 Å². The van der Waals surface area contributed by atoms with Crippen LogP contribution < -0.4 is 5.11 Å². The van der Waals surface area contributed by atoms with Crippen molar-refractivity contribution in [3.8, 4) is 11.3 Å². The van der Waals surface area contributed by atoms with Crippen LogP contribution in [0.1, 0.15) is 10.4 Å². The molecule has 0 amide bonds. The lowest BCUT2D eigenvalue weighted by molar-refractivity contribution is -0.254. The van der Waals surface area contributed by atoms with Gasteiger partial charge in [0.2, 0.25) is 0 Å². The molecule has 3 rings (SSSR count). The summed E-state index contributed by atoms with van der Waals surface area (Å²) in [6, 6.07) is 8.89. The van der Waals surface area contributed by atoms with Crippen LogP contribution in [0.2, 0.25) is 0 Å². The number of pyridine rings is 1. The number of carbonyl (C=O) groups excluding carboxylic acids is 1. The second-order valence-electron chi connectivity index (χ2n) is 4.07. The number of carboxylic acid groups (broad SMARTS) is 1. The molecule has 0 aliphatic heterocycles. The maximum atomic E-state index is 12.9. The maximum absolute atomic E-state index is 12.9. The van der Waals surface area contributed by atoms with Gasteiger partial charge in [0, 0.05) is 23.5 Å². The van der Waals surface area contributed by atoms with E-state index in [4.69, 9.17) is 0 Å². The van der Waals surface area contributed by atoms with Crippen molar-refractivity contribution in [2.45, 2.75) is 0 Å². The Bertz CT molecular complexity index is 763. The number of aromatic nitrogens is 2. The van der Waals surface area contributed by atoms with E-state index in [-0.39, 0.29) is 11.4 Å². The number of fused-ring (bicyclic) bond motifs is 1. The van der Waals surface area contributed by atoms with Crippen LogP contribution in [-0.2, 0) is 0 Å². The van der Waals surface area contributed by atoms with Crippen molar-refractivity contribution in [2.75, 3.05) is 0 Å². The summed E-state index contributed by atoms with van der Waals surface area (Å²) in [5.74, 6) is -1.61. The molecule has 0 aliphatic rings. The van der Waals surface area contributed by atoms with Gasteiger partial charge in [-0.05, 0) is 36.4 Å². The molecular formula is C14H8FN2O2-. The number of imidazole rings is 1. The van der Waals surface area contributed by atoms with Crippen molar-refractivity contribution in [1.29, 1.82) is 0 Å². The molecule has 0 saturated heterocycles. The van der Waals surface area contributed by atoms with Crippen molar-refractivity contribution in [3.05, 3.63) is 60.2 Å². The van der Waals surface area contributed by atoms with E-state index in [2.05, 4.69) is 4.98 Å². The zero-order valence-electron chi connectivity index (χ0n) is 9.71. The molecule has 0 radical (unpaired) electrons. The van der Waals surface area contributed by atoms with Gasteiger partial charge in [0.15, 0.2) is 0 Å². The Kier molecular flexibility index (Phi) is 2.52. The maximum Gasteiger partial charge on any atom is 0.146 e. The summed E-state index contributed by atoms with van der Waals surface area (Å²) in [7, 11) is 0. The van der Waals surface area contributed by atoms with Gasteiger partial charge in [-0.15, -0.1) is 0 Å². The third-order valence-corrected chi connectivity index (χ3v) is 2.84. The first-order valence-corrected chi connectivity index (χ1v) is 5.60. The second-order valence-corrected chi connectivity index (χ2v) is 4.07. The molecule has 0 unspecified atom stereocenters. The molecule has 2 heterocycles. The summed E-state index contributed by atoms with van der Waals surface area (Å²) in [5.41, 5.74) is 1.63. The van der Waals surface area contributed by atoms with Crippen molar-refractivity contribution >= 4 is 11.6 Å². The van der Waals surface area contributed by atoms with Crippen LogP contribution in [0.3, 0.4) is 0 Å². The quantitative estimate of drug-likeness (QED) is 0.697. The molecule has 4 nitrogen and oxygen atoms in total. The number of carbonyl (C=O) groups is 1. The fourth-order valence-corrected chi connectivity index (χ4v) is 1.93. The number of rotatable bonds is 2. The number of hydrogen-bond donors (Lipinski definition) is 0. The van der Waals surface area contributed by atoms with Crippen LogP contribution in [0, 0.1) is 5.82 Å². The molecule has 0 spiro atoms. The largest absolute Gasteiger partial charge is 0.545 e. The summed E-state index contributed by atoms with van der Waals surface area (Å²) < 4.78 is 14.5. The molecule has 19 heavy (non-hydrogen) atoms. The summed E-state index contributed by atoms with van der Waals surface area (Å²) in [6.07, 6.45) is 3.39. The van der Waals surface area contributed by atoms with Gasteiger partial charge >= 0.3 is 0 Å². The van der Waals surface area contributed by atoms with Crippen molar-refractivity contribution in [2.24, 2.45) is 0 Å². The standard InChI is InChI=1S/C14H9FN2O2/c15-10-5-3-9(4-6-10)12-8-17-7-1-2-11(14(18)19)13(17)16-12/h1-8H,(H,18,19)/p-1. The molecule has 5 heteroatoms. The van der Waals surface area contributed by atoms with Crippen LogP contribution in [0.4, 0.5) is 4.39 Å². The van der Waals surface area contributed by atoms with Crippen LogP contribution in [-0.4, -0.2) is 15.4 Å². The van der Waals surface area contributed by atoms with E-state index in [1.54, 1.807) is 35.0 Å². The number of nitrogens with zero attached hydrogens (tertiary/aromatic N) is 2. The minimum atomic E-state index is -1.28. The lowest BCUT2D eigenvalue weighted by Gasteiger charge is -2.02. The van der Waals surface area contributed by atoms with E-state index < -0.39 is 5.97 Å². The fourth-order valence-electron chi connectivity index (χ4n) is 1.93. The minimum absolute atomic E-state index is 0.0239. The van der Waals surface area contributed by atoms with Crippen molar-refractivity contribution < 1.29 is 14.3 Å². The molecule has 94 valence electrons. The Hall–Kier alpha value is -2.69. The van der Waals surface area contributed by atoms with E-state index in [9.17, 15) is 14.3 Å². The third-order valence-electron chi connectivity index (χ3n) is 2.84. The summed E-state index contributed by atoms with van der Waals surface area (Å²) in [5, 5.41) is 11.0. The van der Waals surface area contributed by atoms with Crippen molar-refractivity contribution in [3.63, 3.8) is 0 Å². The highest BCUT2D eigenvalue weighted by Crippen LogP contribution is 2.20. The van der Waals surface area contributed by atoms with Gasteiger partial charge < -0.3 is 14.3 Å². The average Bonchev–Trinajstić information content (AvgIpc) is 2.82. The Morgan fingerprint density at radius 2 is 1.95 bits per heavy atom. The van der Waals surface area contributed by atoms with Gasteiger partial charge in [-0.1, -0.05) is 0 Å². The molecule has 0 N–H and O–H groups in total. The third kappa shape index (κ3) is 1.95. The molecule has 0 bridgehead atoms. The number of benzene rings is 1. The number of hydrogen-bond acceptors (Lipinski definition) is 3. The smallest absolute Gasteiger partial charge is 0.146 e. The Morgan fingerprint density at radius 1 is 1.21 bits per heavy atom. The first-order chi connectivity index (χ1) is 9.15. The minimum Gasteiger partial charge on any atom is -0.545 e. The van der Waals surface area contributed by atoms with Crippen molar-refractivity contribution in [1.82, 2.24) is 9.38 Å². The zero-order valence-corrected chi connectivity index (χ0v) is 9.71. The topological polar surface area (TPSA) is 57.4 Å². The van der Waals surface area contributed by atoms with E-state index >= 15 is 0 Å². The molecular weight excluding hydrogens is 247 g/mol. The van der Waals surface area contributed by atoms with Gasteiger partial charge in [0.05, 0.1) is 11.7 Å². The Balaban J connectivity index is 2.19. The molecule has 0 aliphatic carbocycles. The van der Waals surface area contributed by atoms with Gasteiger partial charge in [0.1, 0.15) is 11.5 Å². The first-order valence-electron chi connectivity index (χ1n) is 5.60. The summed E-state index contributed by atoms with van der Waals surface area (Å²) in [6.45, 7) is 0. The van der Waals surface area contributed by atoms with Crippen LogP contribution in [0.15, 0.2) is 48.8 Å². The molecule has 1 aromatic carbocycles. The fraction of sp³-hybridized carbons (Fsp3) is 0. The van der Waals surface area contributed by atoms with E-state index in [0.29, 0.717) is 11.3 Å². The normalized spacial score (nSPS) is 10.8. The number of aromatic carboxylic acids is 1. The first kappa shape index (κ1) is 11.4. The number of carboxylic acids is 1. The Morgan fingerprint density at radius 3 is 2.63 bits per heavy atom. The van der Waals surface area contributed by atoms with Gasteiger partial charge in [-0.25, -0.2) is 9.37 Å². The van der Waals surface area contributed by atoms with Crippen LogP contribution in [0.5, 0.6) is 0 Å². The molecule has 0 fully saturated rings. The summed E-state index contributed by atoms with van der Waals surface area (Å²) >= 11 is 0.